The average Bonchev–Trinajstić information content (AvgIpc) is 3.30. The number of rotatable bonds is 5. The molecule has 0 unspecified atom stereocenters. The highest BCUT2D eigenvalue weighted by Crippen LogP contribution is 2.31. The van der Waals surface area contributed by atoms with Crippen LogP contribution in [0.5, 0.6) is 0 Å². The van der Waals surface area contributed by atoms with E-state index in [0.29, 0.717) is 29.8 Å². The number of hydrogen-bond acceptors (Lipinski definition) is 7. The number of carbonyl (C=O) groups excluding carboxylic acids is 1. The lowest BCUT2D eigenvalue weighted by Crippen LogP contribution is -2.39. The maximum atomic E-state index is 12.3. The number of fused-ring (bicyclic) bond motifs is 1. The zero-order chi connectivity index (χ0) is 19.7. The van der Waals surface area contributed by atoms with E-state index < -0.39 is 18.4 Å². The predicted molar refractivity (Wildman–Crippen MR) is 100 cm³/mol. The molecule has 2 fully saturated rings. The van der Waals surface area contributed by atoms with Gasteiger partial charge in [-0.3, -0.25) is 9.36 Å². The van der Waals surface area contributed by atoms with E-state index in [-0.39, 0.29) is 18.6 Å². The van der Waals surface area contributed by atoms with Gasteiger partial charge < -0.3 is 19.8 Å². The zero-order valence-electron chi connectivity index (χ0n) is 16.1. The monoisotopic (exact) mass is 389 g/mol. The molecule has 3 heterocycles. The molecule has 1 aliphatic heterocycles. The van der Waals surface area contributed by atoms with Crippen molar-refractivity contribution in [2.75, 3.05) is 6.61 Å². The van der Waals surface area contributed by atoms with Crippen LogP contribution in [-0.2, 0) is 16.1 Å². The Labute approximate surface area is 163 Å². The molecule has 4 rings (SSSR count). The normalized spacial score (nSPS) is 26.0. The second-order valence-electron chi connectivity index (χ2n) is 7.70. The van der Waals surface area contributed by atoms with Crippen molar-refractivity contribution in [2.45, 2.75) is 76.5 Å². The van der Waals surface area contributed by atoms with Crippen molar-refractivity contribution >= 4 is 17.1 Å². The van der Waals surface area contributed by atoms with E-state index in [2.05, 4.69) is 15.0 Å². The fourth-order valence-electron chi connectivity index (χ4n) is 4.33. The van der Waals surface area contributed by atoms with E-state index in [0.717, 1.165) is 25.7 Å². The smallest absolute Gasteiger partial charge is 0.220 e. The largest absolute Gasteiger partial charge is 0.394 e. The van der Waals surface area contributed by atoms with Crippen LogP contribution in [0.15, 0.2) is 12.7 Å². The van der Waals surface area contributed by atoms with Crippen molar-refractivity contribution < 1.29 is 19.7 Å². The summed E-state index contributed by atoms with van der Waals surface area (Å²) in [5.74, 6) is 0.0473. The van der Waals surface area contributed by atoms with Gasteiger partial charge in [0.25, 0.3) is 0 Å². The summed E-state index contributed by atoms with van der Waals surface area (Å²) in [6, 6.07) is 0.247. The van der Waals surface area contributed by atoms with Crippen LogP contribution in [0.4, 0.5) is 0 Å². The van der Waals surface area contributed by atoms with Crippen LogP contribution in [0.25, 0.3) is 11.2 Å². The molecule has 0 bridgehead atoms. The molecular weight excluding hydrogens is 362 g/mol. The molecule has 152 valence electrons. The molecule has 2 N–H and O–H groups in total. The van der Waals surface area contributed by atoms with Gasteiger partial charge in [-0.05, 0) is 12.8 Å². The quantitative estimate of drug-likeness (QED) is 0.788. The summed E-state index contributed by atoms with van der Waals surface area (Å²) >= 11 is 0. The van der Waals surface area contributed by atoms with Gasteiger partial charge in [-0.25, -0.2) is 15.0 Å². The maximum absolute atomic E-state index is 12.3. The van der Waals surface area contributed by atoms with Crippen molar-refractivity contribution in [3.63, 3.8) is 0 Å². The topological polar surface area (TPSA) is 114 Å². The third-order valence-corrected chi connectivity index (χ3v) is 5.87. The predicted octanol–water partition coefficient (Wildman–Crippen LogP) is 1.15. The molecule has 3 atom stereocenters. The Kier molecular flexibility index (Phi) is 5.56. The molecule has 28 heavy (non-hydrogen) atoms. The van der Waals surface area contributed by atoms with E-state index in [1.54, 1.807) is 17.8 Å². The van der Waals surface area contributed by atoms with Gasteiger partial charge in [0.1, 0.15) is 24.2 Å². The lowest BCUT2D eigenvalue weighted by atomic mass is 9.94. The molecule has 9 nitrogen and oxygen atoms in total. The van der Waals surface area contributed by atoms with Gasteiger partial charge in [-0.2, -0.15) is 0 Å². The molecule has 1 saturated carbocycles. The summed E-state index contributed by atoms with van der Waals surface area (Å²) in [5, 5.41) is 19.3. The lowest BCUT2D eigenvalue weighted by molar-refractivity contribution is -0.132. The minimum Gasteiger partial charge on any atom is -0.394 e. The van der Waals surface area contributed by atoms with Crippen molar-refractivity contribution in [3.8, 4) is 0 Å². The third kappa shape index (κ3) is 3.61. The summed E-state index contributed by atoms with van der Waals surface area (Å²) in [5.41, 5.74) is 1.95. The maximum Gasteiger partial charge on any atom is 0.220 e. The molecule has 2 aromatic rings. The minimum atomic E-state index is -0.728. The number of carbonyl (C=O) groups is 1. The van der Waals surface area contributed by atoms with Gasteiger partial charge in [0.15, 0.2) is 5.65 Å². The number of aromatic nitrogens is 4. The van der Waals surface area contributed by atoms with Crippen LogP contribution in [0.3, 0.4) is 0 Å². The minimum absolute atomic E-state index is 0.0473. The van der Waals surface area contributed by atoms with Gasteiger partial charge in [0.2, 0.25) is 5.91 Å². The molecule has 2 aliphatic rings. The summed E-state index contributed by atoms with van der Waals surface area (Å²) in [6.07, 6.45) is 7.26. The molecule has 0 spiro atoms. The molecule has 2 aromatic heterocycles. The first-order valence-electron chi connectivity index (χ1n) is 9.96. The van der Waals surface area contributed by atoms with Crippen LogP contribution in [-0.4, -0.2) is 65.4 Å². The van der Waals surface area contributed by atoms with Crippen LogP contribution >= 0.6 is 0 Å². The van der Waals surface area contributed by atoms with E-state index in [1.165, 1.54) is 12.7 Å². The Morgan fingerprint density at radius 2 is 2.07 bits per heavy atom. The Balaban J connectivity index is 1.60. The lowest BCUT2D eigenvalue weighted by Gasteiger charge is -2.33. The van der Waals surface area contributed by atoms with Crippen LogP contribution in [0, 0.1) is 0 Å². The molecule has 1 aliphatic carbocycles. The van der Waals surface area contributed by atoms with E-state index in [1.807, 2.05) is 4.90 Å². The van der Waals surface area contributed by atoms with Gasteiger partial charge in [0.05, 0.1) is 31.3 Å². The molecule has 0 radical (unpaired) electrons. The number of aliphatic hydroxyl groups excluding tert-OH is 2. The van der Waals surface area contributed by atoms with Crippen LogP contribution in [0.2, 0.25) is 0 Å². The number of amides is 1. The van der Waals surface area contributed by atoms with Gasteiger partial charge in [-0.15, -0.1) is 0 Å². The molecule has 0 aromatic carbocycles. The Hall–Kier alpha value is -2.10. The summed E-state index contributed by atoms with van der Waals surface area (Å²) < 4.78 is 7.49. The first-order chi connectivity index (χ1) is 13.6. The Morgan fingerprint density at radius 1 is 1.29 bits per heavy atom. The second kappa shape index (κ2) is 8.10. The van der Waals surface area contributed by atoms with Gasteiger partial charge >= 0.3 is 0 Å². The molecule has 9 heteroatoms. The standard InChI is InChI=1S/C19H27N5O4/c1-12(26)23(13-5-3-2-4-6-13)8-14-18-19(21-10-20-14)24(11-22-18)17-7-15(27)16(9-25)28-17/h10-11,13,15-17,25,27H,2-9H2,1H3/t15-,16+,17+/m0/s1. The Bertz CT molecular complexity index is 835. The zero-order valence-corrected chi connectivity index (χ0v) is 16.1. The van der Waals surface area contributed by atoms with Crippen LogP contribution in [0.1, 0.15) is 57.4 Å². The fraction of sp³-hybridized carbons (Fsp3) is 0.684. The van der Waals surface area contributed by atoms with Crippen LogP contribution < -0.4 is 0 Å². The first-order valence-corrected chi connectivity index (χ1v) is 9.96. The highest BCUT2D eigenvalue weighted by molar-refractivity contribution is 5.76. The SMILES string of the molecule is CC(=O)N(Cc1ncnc2c1ncn2[C@H]1C[C@H](O)[C@@H](CO)O1)C1CCCCC1. The molecular formula is C19H27N5O4. The van der Waals surface area contributed by atoms with Gasteiger partial charge in [0, 0.05) is 19.4 Å². The number of imidazole rings is 1. The summed E-state index contributed by atoms with van der Waals surface area (Å²) in [7, 11) is 0. The summed E-state index contributed by atoms with van der Waals surface area (Å²) in [6.45, 7) is 1.78. The number of aliphatic hydroxyl groups is 2. The Morgan fingerprint density at radius 3 is 2.75 bits per heavy atom. The van der Waals surface area contributed by atoms with Crippen molar-refractivity contribution in [1.82, 2.24) is 24.4 Å². The first kappa shape index (κ1) is 19.2. The molecule has 1 saturated heterocycles. The number of hydrogen-bond donors (Lipinski definition) is 2. The van der Waals surface area contributed by atoms with Gasteiger partial charge in [-0.1, -0.05) is 19.3 Å². The molecule has 1 amide bonds. The third-order valence-electron chi connectivity index (χ3n) is 5.87. The van der Waals surface area contributed by atoms with E-state index in [9.17, 15) is 15.0 Å². The van der Waals surface area contributed by atoms with Crippen molar-refractivity contribution in [2.24, 2.45) is 0 Å². The van der Waals surface area contributed by atoms with Crippen molar-refractivity contribution in [3.05, 3.63) is 18.3 Å². The average molecular weight is 389 g/mol. The highest BCUT2D eigenvalue weighted by Gasteiger charge is 2.35. The fourth-order valence-corrected chi connectivity index (χ4v) is 4.33. The highest BCUT2D eigenvalue weighted by atomic mass is 16.5. The second-order valence-corrected chi connectivity index (χ2v) is 7.70. The number of nitrogens with zero attached hydrogens (tertiary/aromatic N) is 5. The van der Waals surface area contributed by atoms with E-state index >= 15 is 0 Å². The summed E-state index contributed by atoms with van der Waals surface area (Å²) in [4.78, 5) is 27.4. The van der Waals surface area contributed by atoms with E-state index in [4.69, 9.17) is 4.74 Å². The van der Waals surface area contributed by atoms with Crippen molar-refractivity contribution in [1.29, 1.82) is 0 Å². The number of ether oxygens (including phenoxy) is 1.